The molecule has 0 bridgehead atoms. The smallest absolute Gasteiger partial charge is 0.251 e. The number of alkyl halides is 2. The number of ether oxygens (including phenoxy) is 1. The van der Waals surface area contributed by atoms with Crippen LogP contribution in [0.3, 0.4) is 0 Å². The van der Waals surface area contributed by atoms with Crippen LogP contribution in [0.5, 0.6) is 5.75 Å². The minimum Gasteiger partial charge on any atom is -0.492 e. The highest BCUT2D eigenvalue weighted by Crippen LogP contribution is 2.35. The third-order valence-corrected chi connectivity index (χ3v) is 6.96. The number of amides is 1. The van der Waals surface area contributed by atoms with Crippen molar-refractivity contribution in [3.63, 3.8) is 0 Å². The van der Waals surface area contributed by atoms with E-state index in [2.05, 4.69) is 20.5 Å². The largest absolute Gasteiger partial charge is 0.492 e. The van der Waals surface area contributed by atoms with E-state index in [1.807, 2.05) is 19.1 Å². The molecule has 0 saturated heterocycles. The van der Waals surface area contributed by atoms with Crippen molar-refractivity contribution >= 4 is 23.3 Å². The quantitative estimate of drug-likeness (QED) is 0.453. The number of anilines is 1. The van der Waals surface area contributed by atoms with Gasteiger partial charge in [-0.1, -0.05) is 17.7 Å². The minimum absolute atomic E-state index is 0.0584. The molecule has 35 heavy (non-hydrogen) atoms. The van der Waals surface area contributed by atoms with E-state index < -0.39 is 18.4 Å². The van der Waals surface area contributed by atoms with Gasteiger partial charge in [-0.2, -0.15) is 0 Å². The molecule has 0 radical (unpaired) electrons. The number of halogens is 3. The number of aromatic nitrogens is 1. The molecule has 1 aromatic carbocycles. The molecule has 0 spiro atoms. The van der Waals surface area contributed by atoms with Crippen LogP contribution < -0.4 is 15.4 Å². The number of rotatable bonds is 10. The Kier molecular flexibility index (Phi) is 8.41. The van der Waals surface area contributed by atoms with Crippen molar-refractivity contribution in [3.8, 4) is 5.75 Å². The van der Waals surface area contributed by atoms with Gasteiger partial charge in [0.1, 0.15) is 11.6 Å². The maximum Gasteiger partial charge on any atom is 0.251 e. The van der Waals surface area contributed by atoms with Crippen molar-refractivity contribution in [2.75, 3.05) is 31.6 Å². The zero-order valence-corrected chi connectivity index (χ0v) is 20.4. The first-order chi connectivity index (χ1) is 16.8. The van der Waals surface area contributed by atoms with Crippen molar-refractivity contribution in [3.05, 3.63) is 52.2 Å². The molecular formula is C25H31ClF2N4O3. The summed E-state index contributed by atoms with van der Waals surface area (Å²) in [6.45, 7) is 4.42. The molecule has 1 fully saturated rings. The van der Waals surface area contributed by atoms with Crippen LogP contribution in [0, 0.1) is 5.92 Å². The molecule has 1 saturated carbocycles. The van der Waals surface area contributed by atoms with Gasteiger partial charge in [0.25, 0.3) is 5.91 Å². The molecule has 1 aliphatic heterocycles. The number of hydrogen-bond donors (Lipinski definition) is 3. The summed E-state index contributed by atoms with van der Waals surface area (Å²) in [5.74, 6) is 0.281. The highest BCUT2D eigenvalue weighted by atomic mass is 35.5. The number of fused-ring (bicyclic) bond motifs is 1. The summed E-state index contributed by atoms with van der Waals surface area (Å²) in [7, 11) is 0. The normalized spacial score (nSPS) is 20.6. The van der Waals surface area contributed by atoms with Gasteiger partial charge in [-0.15, -0.1) is 0 Å². The van der Waals surface area contributed by atoms with E-state index in [0.717, 1.165) is 24.1 Å². The molecule has 1 atom stereocenters. The van der Waals surface area contributed by atoms with Gasteiger partial charge in [-0.05, 0) is 55.5 Å². The monoisotopic (exact) mass is 508 g/mol. The van der Waals surface area contributed by atoms with Crippen LogP contribution in [0.4, 0.5) is 14.6 Å². The number of nitrogens with one attached hydrogen (secondary N) is 2. The summed E-state index contributed by atoms with van der Waals surface area (Å²) in [6.07, 6.45) is 0.0187. The second kappa shape index (κ2) is 11.5. The second-order valence-electron chi connectivity index (χ2n) is 9.13. The second-order valence-corrected chi connectivity index (χ2v) is 9.51. The summed E-state index contributed by atoms with van der Waals surface area (Å²) < 4.78 is 30.9. The van der Waals surface area contributed by atoms with Crippen LogP contribution in [-0.4, -0.2) is 65.7 Å². The highest BCUT2D eigenvalue weighted by Gasteiger charge is 2.35. The first-order valence-corrected chi connectivity index (χ1v) is 12.3. The fraction of sp³-hybridized carbons (Fsp3) is 0.520. The number of aliphatic hydroxyl groups excluding tert-OH is 1. The van der Waals surface area contributed by atoms with Gasteiger partial charge >= 0.3 is 0 Å². The van der Waals surface area contributed by atoms with E-state index in [9.17, 15) is 18.7 Å². The van der Waals surface area contributed by atoms with Gasteiger partial charge in [0.05, 0.1) is 17.7 Å². The SMILES string of the molecule is CCOc1ccc2c(c1Cl)CCN(C[C@@H](O)CNC(=O)c1ccnc(NC3CC(C(F)F)C3)c1)C2. The highest BCUT2D eigenvalue weighted by molar-refractivity contribution is 6.33. The number of nitrogens with zero attached hydrogens (tertiary/aromatic N) is 2. The lowest BCUT2D eigenvalue weighted by atomic mass is 9.80. The number of benzene rings is 1. The van der Waals surface area contributed by atoms with E-state index in [0.29, 0.717) is 54.7 Å². The summed E-state index contributed by atoms with van der Waals surface area (Å²) in [6, 6.07) is 7.01. The summed E-state index contributed by atoms with van der Waals surface area (Å²) in [5, 5.41) is 17.0. The Bertz CT molecular complexity index is 1040. The fourth-order valence-electron chi connectivity index (χ4n) is 4.59. The molecule has 7 nitrogen and oxygen atoms in total. The van der Waals surface area contributed by atoms with Crippen molar-refractivity contribution < 1.29 is 23.4 Å². The molecular weight excluding hydrogens is 478 g/mol. The van der Waals surface area contributed by atoms with Gasteiger partial charge in [-0.3, -0.25) is 9.69 Å². The lowest BCUT2D eigenvalue weighted by Gasteiger charge is -2.35. The Hall–Kier alpha value is -2.49. The first-order valence-electron chi connectivity index (χ1n) is 12.0. The Labute approximate surface area is 208 Å². The Morgan fingerprint density at radius 2 is 2.14 bits per heavy atom. The van der Waals surface area contributed by atoms with Gasteiger partial charge in [0.2, 0.25) is 6.43 Å². The van der Waals surface area contributed by atoms with Crippen LogP contribution >= 0.6 is 11.6 Å². The molecule has 2 aromatic rings. The molecule has 3 N–H and O–H groups in total. The molecule has 1 amide bonds. The summed E-state index contributed by atoms with van der Waals surface area (Å²) in [5.41, 5.74) is 2.60. The molecule has 10 heteroatoms. The van der Waals surface area contributed by atoms with E-state index >= 15 is 0 Å². The topological polar surface area (TPSA) is 86.7 Å². The number of β-amino-alcohol motifs (C(OH)–C–C–N with tert-alkyl or cyclic N) is 1. The maximum absolute atomic E-state index is 12.7. The van der Waals surface area contributed by atoms with E-state index in [-0.39, 0.29) is 18.5 Å². The number of carbonyl (C=O) groups excluding carboxylic acids is 1. The maximum atomic E-state index is 12.7. The third-order valence-electron chi connectivity index (χ3n) is 6.55. The van der Waals surface area contributed by atoms with Crippen LogP contribution in [0.2, 0.25) is 5.02 Å². The predicted octanol–water partition coefficient (Wildman–Crippen LogP) is 3.74. The van der Waals surface area contributed by atoms with Crippen molar-refractivity contribution in [2.24, 2.45) is 5.92 Å². The molecule has 190 valence electrons. The van der Waals surface area contributed by atoms with E-state index in [4.69, 9.17) is 16.3 Å². The van der Waals surface area contributed by atoms with Gasteiger partial charge in [0, 0.05) is 49.9 Å². The lowest BCUT2D eigenvalue weighted by Crippen LogP contribution is -2.42. The first kappa shape index (κ1) is 25.6. The Morgan fingerprint density at radius 3 is 2.89 bits per heavy atom. The molecule has 2 heterocycles. The average molecular weight is 509 g/mol. The summed E-state index contributed by atoms with van der Waals surface area (Å²) >= 11 is 6.49. The van der Waals surface area contributed by atoms with Gasteiger partial charge < -0.3 is 20.5 Å². The van der Waals surface area contributed by atoms with E-state index in [1.165, 1.54) is 6.20 Å². The fourth-order valence-corrected chi connectivity index (χ4v) is 4.92. The number of carbonyl (C=O) groups is 1. The molecule has 1 aliphatic carbocycles. The van der Waals surface area contributed by atoms with Crippen LogP contribution in [0.1, 0.15) is 41.3 Å². The number of hydrogen-bond acceptors (Lipinski definition) is 6. The molecule has 4 rings (SSSR count). The lowest BCUT2D eigenvalue weighted by molar-refractivity contribution is 0.0280. The third kappa shape index (κ3) is 6.39. The number of pyridine rings is 1. The van der Waals surface area contributed by atoms with Crippen LogP contribution in [-0.2, 0) is 13.0 Å². The standard InChI is InChI=1S/C25H31ClF2N4O3/c1-2-35-21-4-3-16-13-32(8-6-20(16)23(21)26)14-19(33)12-30-25(34)15-5-7-29-22(11-15)31-18-9-17(10-18)24(27)28/h3-5,7,11,17-19,24,33H,2,6,8-10,12-14H2,1H3,(H,29,31)(H,30,34)/t17?,18?,19-/m0/s1. The Morgan fingerprint density at radius 1 is 1.34 bits per heavy atom. The zero-order valence-electron chi connectivity index (χ0n) is 19.6. The average Bonchev–Trinajstić information content (AvgIpc) is 2.81. The van der Waals surface area contributed by atoms with Gasteiger partial charge in [-0.25, -0.2) is 13.8 Å². The van der Waals surface area contributed by atoms with Gasteiger partial charge in [0.15, 0.2) is 0 Å². The van der Waals surface area contributed by atoms with Crippen molar-refractivity contribution in [1.29, 1.82) is 0 Å². The van der Waals surface area contributed by atoms with Crippen LogP contribution in [0.25, 0.3) is 0 Å². The number of aliphatic hydroxyl groups is 1. The molecule has 1 aromatic heterocycles. The minimum atomic E-state index is -2.30. The molecule has 2 aliphatic rings. The Balaban J connectivity index is 1.24. The van der Waals surface area contributed by atoms with Crippen molar-refractivity contribution in [2.45, 2.75) is 51.3 Å². The zero-order chi connectivity index (χ0) is 24.9. The molecule has 0 unspecified atom stereocenters. The van der Waals surface area contributed by atoms with Crippen molar-refractivity contribution in [1.82, 2.24) is 15.2 Å². The van der Waals surface area contributed by atoms with Crippen LogP contribution in [0.15, 0.2) is 30.5 Å². The predicted molar refractivity (Wildman–Crippen MR) is 130 cm³/mol. The van der Waals surface area contributed by atoms with E-state index in [1.54, 1.807) is 12.1 Å². The summed E-state index contributed by atoms with van der Waals surface area (Å²) in [4.78, 5) is 18.9.